The van der Waals surface area contributed by atoms with Crippen LogP contribution in [-0.4, -0.2) is 57.0 Å². The van der Waals surface area contributed by atoms with Crippen molar-refractivity contribution in [3.63, 3.8) is 0 Å². The summed E-state index contributed by atoms with van der Waals surface area (Å²) in [5.41, 5.74) is 2.37. The number of carbonyl (C=O) groups is 1. The number of halogens is 3. The molecule has 5 heterocycles. The van der Waals surface area contributed by atoms with E-state index in [1.807, 2.05) is 32.8 Å². The lowest BCUT2D eigenvalue weighted by Crippen LogP contribution is -2.31. The predicted octanol–water partition coefficient (Wildman–Crippen LogP) is 3.90. The Morgan fingerprint density at radius 1 is 1.22 bits per heavy atom. The Kier molecular flexibility index (Phi) is 6.38. The van der Waals surface area contributed by atoms with Gasteiger partial charge in [0.15, 0.2) is 5.82 Å². The van der Waals surface area contributed by atoms with Gasteiger partial charge >= 0.3 is 6.18 Å². The summed E-state index contributed by atoms with van der Waals surface area (Å²) in [5, 5.41) is 11.2. The Hall–Kier alpha value is -3.54. The fraction of sp³-hybridized carbons (Fsp3) is 0.480. The number of nitrogens with one attached hydrogen (secondary N) is 1. The number of hydrogen-bond acceptors (Lipinski definition) is 7. The first-order chi connectivity index (χ1) is 17.6. The highest BCUT2D eigenvalue weighted by atomic mass is 19.4. The number of nitrogens with zero attached hydrogens (tertiary/aromatic N) is 7. The molecule has 2 aliphatic heterocycles. The Labute approximate surface area is 212 Å². The fourth-order valence-electron chi connectivity index (χ4n) is 4.88. The van der Waals surface area contributed by atoms with Crippen molar-refractivity contribution in [3.05, 3.63) is 46.9 Å². The van der Waals surface area contributed by atoms with Crippen molar-refractivity contribution in [3.8, 4) is 11.5 Å². The van der Waals surface area contributed by atoms with Crippen molar-refractivity contribution in [2.45, 2.75) is 64.5 Å². The minimum atomic E-state index is -4.42. The summed E-state index contributed by atoms with van der Waals surface area (Å²) < 4.78 is 42.5. The molecule has 1 amide bonds. The summed E-state index contributed by atoms with van der Waals surface area (Å²) in [6, 6.07) is 5.23. The monoisotopic (exact) mass is 514 g/mol. The van der Waals surface area contributed by atoms with Crippen molar-refractivity contribution >= 4 is 17.5 Å². The van der Waals surface area contributed by atoms with Crippen molar-refractivity contribution in [1.82, 2.24) is 30.0 Å². The van der Waals surface area contributed by atoms with Gasteiger partial charge in [0.1, 0.15) is 29.2 Å². The van der Waals surface area contributed by atoms with Crippen LogP contribution < -0.4 is 15.1 Å². The van der Waals surface area contributed by atoms with Gasteiger partial charge in [-0.15, -0.1) is 10.2 Å². The summed E-state index contributed by atoms with van der Waals surface area (Å²) in [6.07, 6.45) is -3.63. The van der Waals surface area contributed by atoms with E-state index in [-0.39, 0.29) is 36.4 Å². The largest absolute Gasteiger partial charge is 0.409 e. The number of rotatable bonds is 6. The molecule has 3 aromatic rings. The van der Waals surface area contributed by atoms with Crippen LogP contribution in [0.5, 0.6) is 0 Å². The molecule has 0 bridgehead atoms. The molecule has 2 aliphatic rings. The quantitative estimate of drug-likeness (QED) is 0.534. The average Bonchev–Trinajstić information content (AvgIpc) is 3.44. The lowest BCUT2D eigenvalue weighted by molar-refractivity contribution is -0.171. The first kappa shape index (κ1) is 25.1. The van der Waals surface area contributed by atoms with Crippen LogP contribution in [0.1, 0.15) is 60.2 Å². The van der Waals surface area contributed by atoms with E-state index in [2.05, 4.69) is 20.5 Å². The molecule has 37 heavy (non-hydrogen) atoms. The zero-order chi connectivity index (χ0) is 26.5. The molecule has 196 valence electrons. The van der Waals surface area contributed by atoms with E-state index >= 15 is 0 Å². The van der Waals surface area contributed by atoms with Gasteiger partial charge in [-0.1, -0.05) is 6.07 Å². The molecule has 0 saturated carbocycles. The zero-order valence-corrected chi connectivity index (χ0v) is 21.2. The van der Waals surface area contributed by atoms with Crippen LogP contribution in [0.15, 0.2) is 24.3 Å². The molecule has 0 spiro atoms. The highest BCUT2D eigenvalue weighted by molar-refractivity contribution is 6.10. The molecular weight excluding hydrogens is 485 g/mol. The topological polar surface area (TPSA) is 92.1 Å². The van der Waals surface area contributed by atoms with E-state index in [1.165, 1.54) is 4.90 Å². The standard InChI is InChI=1S/C25H29F3N8O/c1-14(2)34(4)22-11-15-16(18(31-22)12-29-3)13-35(24(15)37)20-9-5-7-17(30-20)23-33-32-21-10-6-8-19(36(21)23)25(26,27)28/h5,7,9,11,14,19,29H,6,8,10,12-13H2,1-4H3. The van der Waals surface area contributed by atoms with Crippen LogP contribution in [-0.2, 0) is 19.5 Å². The third-order valence-corrected chi connectivity index (χ3v) is 7.04. The molecule has 1 N–H and O–H groups in total. The first-order valence-electron chi connectivity index (χ1n) is 12.3. The molecule has 0 radical (unpaired) electrons. The molecule has 9 nitrogen and oxygen atoms in total. The van der Waals surface area contributed by atoms with Gasteiger partial charge < -0.3 is 10.2 Å². The third-order valence-electron chi connectivity index (χ3n) is 7.04. The highest BCUT2D eigenvalue weighted by Crippen LogP contribution is 2.40. The molecule has 3 aromatic heterocycles. The SMILES string of the molecule is CNCc1nc(N(C)C(C)C)cc2c1CN(c1cccc(-c3nnc4n3C(C(F)(F)F)CCC4)n1)C2=O. The molecule has 0 aliphatic carbocycles. The Morgan fingerprint density at radius 2 is 2.00 bits per heavy atom. The van der Waals surface area contributed by atoms with Crippen LogP contribution in [0.4, 0.5) is 24.8 Å². The highest BCUT2D eigenvalue weighted by Gasteiger charge is 2.45. The maximum absolute atomic E-state index is 13.8. The number of amides is 1. The van der Waals surface area contributed by atoms with E-state index < -0.39 is 12.2 Å². The van der Waals surface area contributed by atoms with Gasteiger partial charge in [0.25, 0.3) is 5.91 Å². The van der Waals surface area contributed by atoms with Crippen LogP contribution in [0, 0.1) is 0 Å². The van der Waals surface area contributed by atoms with Gasteiger partial charge in [-0.05, 0) is 51.9 Å². The molecule has 0 fully saturated rings. The van der Waals surface area contributed by atoms with Crippen LogP contribution in [0.3, 0.4) is 0 Å². The van der Waals surface area contributed by atoms with E-state index in [9.17, 15) is 18.0 Å². The third kappa shape index (κ3) is 4.43. The second-order valence-electron chi connectivity index (χ2n) is 9.72. The molecule has 0 aromatic carbocycles. The second kappa shape index (κ2) is 9.40. The van der Waals surface area contributed by atoms with Gasteiger partial charge in [-0.2, -0.15) is 13.2 Å². The predicted molar refractivity (Wildman–Crippen MR) is 132 cm³/mol. The molecular formula is C25H29F3N8O. The maximum Gasteiger partial charge on any atom is 0.409 e. The normalized spacial score (nSPS) is 17.4. The number of alkyl halides is 3. The van der Waals surface area contributed by atoms with Gasteiger partial charge in [0.05, 0.1) is 17.8 Å². The van der Waals surface area contributed by atoms with Gasteiger partial charge in [0.2, 0.25) is 0 Å². The lowest BCUT2D eigenvalue weighted by atomic mass is 10.0. The number of aromatic nitrogens is 5. The average molecular weight is 515 g/mol. The summed E-state index contributed by atoms with van der Waals surface area (Å²) >= 11 is 0. The van der Waals surface area contributed by atoms with Crippen molar-refractivity contribution in [1.29, 1.82) is 0 Å². The van der Waals surface area contributed by atoms with Gasteiger partial charge in [0, 0.05) is 31.6 Å². The maximum atomic E-state index is 13.8. The number of pyridine rings is 2. The van der Waals surface area contributed by atoms with Crippen LogP contribution in [0.25, 0.3) is 11.5 Å². The number of hydrogen-bond donors (Lipinski definition) is 1. The van der Waals surface area contributed by atoms with Crippen LogP contribution >= 0.6 is 0 Å². The lowest BCUT2D eigenvalue weighted by Gasteiger charge is -2.27. The molecule has 1 unspecified atom stereocenters. The fourth-order valence-corrected chi connectivity index (χ4v) is 4.88. The molecule has 12 heteroatoms. The number of fused-ring (bicyclic) bond motifs is 2. The number of anilines is 2. The summed E-state index contributed by atoms with van der Waals surface area (Å²) in [5.74, 6) is 1.16. The van der Waals surface area contributed by atoms with E-state index in [0.29, 0.717) is 42.4 Å². The number of aryl methyl sites for hydroxylation is 1. The summed E-state index contributed by atoms with van der Waals surface area (Å²) in [6.45, 7) is 4.84. The molecule has 5 rings (SSSR count). The van der Waals surface area contributed by atoms with Gasteiger partial charge in [-0.25, -0.2) is 9.97 Å². The summed E-state index contributed by atoms with van der Waals surface area (Å²) in [7, 11) is 3.75. The van der Waals surface area contributed by atoms with Crippen molar-refractivity contribution in [2.24, 2.45) is 0 Å². The molecule has 0 saturated heterocycles. The smallest absolute Gasteiger partial charge is 0.357 e. The van der Waals surface area contributed by atoms with Gasteiger partial charge in [-0.3, -0.25) is 14.3 Å². The van der Waals surface area contributed by atoms with Crippen molar-refractivity contribution in [2.75, 3.05) is 23.9 Å². The van der Waals surface area contributed by atoms with Crippen molar-refractivity contribution < 1.29 is 18.0 Å². The molecule has 1 atom stereocenters. The number of carbonyl (C=O) groups excluding carboxylic acids is 1. The second-order valence-corrected chi connectivity index (χ2v) is 9.72. The minimum Gasteiger partial charge on any atom is -0.357 e. The van der Waals surface area contributed by atoms with E-state index in [1.54, 1.807) is 24.3 Å². The van der Waals surface area contributed by atoms with Crippen LogP contribution in [0.2, 0.25) is 0 Å². The minimum absolute atomic E-state index is 0.0322. The Bertz CT molecular complexity index is 1340. The Morgan fingerprint density at radius 3 is 2.70 bits per heavy atom. The Balaban J connectivity index is 1.52. The van der Waals surface area contributed by atoms with E-state index in [4.69, 9.17) is 4.98 Å². The van der Waals surface area contributed by atoms with E-state index in [0.717, 1.165) is 15.8 Å². The summed E-state index contributed by atoms with van der Waals surface area (Å²) in [4.78, 5) is 26.5. The first-order valence-corrected chi connectivity index (χ1v) is 12.3. The zero-order valence-electron chi connectivity index (χ0n) is 21.2.